The summed E-state index contributed by atoms with van der Waals surface area (Å²) in [4.78, 5) is 29.6. The average Bonchev–Trinajstić information content (AvgIpc) is 1.51. The first-order chi connectivity index (χ1) is 68.4. The van der Waals surface area contributed by atoms with Crippen molar-refractivity contribution in [3.05, 3.63) is 435 Å². The molecule has 0 aliphatic carbocycles. The first-order valence-corrected chi connectivity index (χ1v) is 47.1. The van der Waals surface area contributed by atoms with Gasteiger partial charge in [0, 0.05) is 102 Å². The summed E-state index contributed by atoms with van der Waals surface area (Å²) in [5.74, 6) is 3.63. The van der Waals surface area contributed by atoms with Crippen molar-refractivity contribution in [1.82, 2.24) is 56.8 Å². The van der Waals surface area contributed by atoms with Crippen LogP contribution in [-0.2, 0) is 74.0 Å². The fourth-order valence-corrected chi connectivity index (χ4v) is 20.5. The number of fused-ring (bicyclic) bond motifs is 27. The fourth-order valence-electron chi connectivity index (χ4n) is 20.5. The molecule has 0 fully saturated rings. The minimum Gasteiger partial charge on any atom is -0.503 e. The Morgan fingerprint density at radius 3 is 0.888 bits per heavy atom. The molecule has 0 saturated heterocycles. The van der Waals surface area contributed by atoms with Crippen molar-refractivity contribution < 1.29 is 77.4 Å². The van der Waals surface area contributed by atoms with Crippen LogP contribution in [-0.4, -0.2) is 56.8 Å². The van der Waals surface area contributed by atoms with Crippen LogP contribution in [0.2, 0.25) is 0 Å². The Morgan fingerprint density at radius 1 is 0.224 bits per heavy atom. The Bertz CT molecular complexity index is 9600. The molecule has 0 atom stereocenters. The molecule has 12 heterocycles. The first-order valence-electron chi connectivity index (χ1n) is 47.1. The number of hydrogen-bond donors (Lipinski definition) is 0. The summed E-state index contributed by atoms with van der Waals surface area (Å²) in [7, 11) is 0. The molecule has 696 valence electrons. The number of para-hydroxylation sites is 5. The summed E-state index contributed by atoms with van der Waals surface area (Å²) in [6.07, 6.45) is 5.52. The smallest absolute Gasteiger partial charge is 0.503 e. The molecule has 0 unspecified atom stereocenters. The van der Waals surface area contributed by atoms with Crippen LogP contribution in [0.3, 0.4) is 0 Å². The van der Waals surface area contributed by atoms with Gasteiger partial charge in [-0.15, -0.1) is 96.6 Å². The molecule has 0 amide bonds. The van der Waals surface area contributed by atoms with Crippen LogP contribution in [0, 0.1) is 57.2 Å². The number of aryl methyl sites for hydroxylation is 3. The molecule has 12 aromatic heterocycles. The van der Waals surface area contributed by atoms with Gasteiger partial charge in [0.05, 0.1) is 67.7 Å². The van der Waals surface area contributed by atoms with Crippen LogP contribution in [0.15, 0.2) is 370 Å². The Labute approximate surface area is 868 Å². The largest absolute Gasteiger partial charge is 2.00 e. The van der Waals surface area contributed by atoms with Crippen molar-refractivity contribution in [2.45, 2.75) is 73.1 Å². The van der Waals surface area contributed by atoms with Gasteiger partial charge in [0.2, 0.25) is 0 Å². The maximum atomic E-state index is 6.69. The molecule has 0 aliphatic rings. The number of ether oxygens (including phenoxy) is 3. The van der Waals surface area contributed by atoms with E-state index >= 15 is 0 Å². The Balaban J connectivity index is 0.000000122. The van der Waals surface area contributed by atoms with Crippen LogP contribution < -0.4 is 14.2 Å². The monoisotopic (exact) mass is 2390 g/mol. The van der Waals surface area contributed by atoms with Gasteiger partial charge in [0.1, 0.15) is 16.9 Å². The molecule has 18 heteroatoms. The second kappa shape index (κ2) is 37.0. The van der Waals surface area contributed by atoms with Gasteiger partial charge in [-0.1, -0.05) is 303 Å². The van der Waals surface area contributed by atoms with E-state index in [0.29, 0.717) is 34.5 Å². The minimum atomic E-state index is -0.131. The van der Waals surface area contributed by atoms with Gasteiger partial charge < -0.3 is 41.1 Å². The van der Waals surface area contributed by atoms with E-state index in [1.807, 2.05) is 110 Å². The van der Waals surface area contributed by atoms with E-state index < -0.39 is 0 Å². The molecule has 0 saturated carbocycles. The predicted octanol–water partition coefficient (Wildman–Crippen LogP) is 31.1. The molecule has 0 radical (unpaired) electrons. The fraction of sp³-hybridized carbons (Fsp3) is 0.0880. The van der Waals surface area contributed by atoms with Crippen molar-refractivity contribution in [2.24, 2.45) is 0 Å². The van der Waals surface area contributed by atoms with Crippen LogP contribution in [0.4, 0.5) is 0 Å². The maximum Gasteiger partial charge on any atom is 2.00 e. The number of pyridine rings is 6. The quantitative estimate of drug-likeness (QED) is 0.0866. The maximum absolute atomic E-state index is 6.69. The second-order valence-electron chi connectivity index (χ2n) is 37.7. The van der Waals surface area contributed by atoms with Gasteiger partial charge in [-0.05, 0) is 143 Å². The van der Waals surface area contributed by atoms with E-state index in [4.69, 9.17) is 44.1 Å². The zero-order valence-electron chi connectivity index (χ0n) is 79.3. The van der Waals surface area contributed by atoms with Crippen LogP contribution in [0.1, 0.15) is 69.8 Å². The van der Waals surface area contributed by atoms with Crippen molar-refractivity contribution in [1.29, 1.82) is 0 Å². The molecule has 15 nitrogen and oxygen atoms in total. The van der Waals surface area contributed by atoms with Crippen LogP contribution >= 0.6 is 0 Å². The van der Waals surface area contributed by atoms with Crippen LogP contribution in [0.25, 0.3) is 199 Å². The third-order valence-electron chi connectivity index (χ3n) is 26.9. The summed E-state index contributed by atoms with van der Waals surface area (Å²) in [5, 5.41) is 16.2. The first kappa shape index (κ1) is 92.3. The van der Waals surface area contributed by atoms with Crippen LogP contribution in [0.5, 0.6) is 34.5 Å². The van der Waals surface area contributed by atoms with Crippen molar-refractivity contribution in [2.75, 3.05) is 0 Å². The van der Waals surface area contributed by atoms with Gasteiger partial charge in [-0.3, -0.25) is 15.0 Å². The number of aromatic nitrogens is 12. The molecule has 0 bridgehead atoms. The van der Waals surface area contributed by atoms with E-state index in [1.54, 1.807) is 0 Å². The molecule has 27 aromatic rings. The topological polar surface area (TPSA) is 133 Å². The minimum absolute atomic E-state index is 0. The van der Waals surface area contributed by atoms with Crippen molar-refractivity contribution in [3.63, 3.8) is 0 Å². The molecule has 143 heavy (non-hydrogen) atoms. The van der Waals surface area contributed by atoms with Gasteiger partial charge in [-0.2, -0.15) is 12.1 Å². The summed E-state index contributed by atoms with van der Waals surface area (Å²) in [6, 6.07) is 143. The molecule has 15 aromatic carbocycles. The summed E-state index contributed by atoms with van der Waals surface area (Å²) in [6.45, 7) is 19.6. The normalized spacial score (nSPS) is 11.8. The number of hydrogen-bond acceptors (Lipinski definition) is 9. The van der Waals surface area contributed by atoms with Gasteiger partial charge in [0.15, 0.2) is 0 Å². The molecular formula is C125H88N12O3Pt3. The summed E-state index contributed by atoms with van der Waals surface area (Å²) in [5.41, 5.74) is 26.2. The van der Waals surface area contributed by atoms with E-state index in [2.05, 4.69) is 386 Å². The van der Waals surface area contributed by atoms with E-state index in [9.17, 15) is 0 Å². The average molecular weight is 2390 g/mol. The number of nitrogens with zero attached hydrogens (tertiary/aromatic N) is 12. The third-order valence-corrected chi connectivity index (χ3v) is 26.9. The standard InChI is InChI=1S/2C43H32N4O.C39H24N4O.3Pt/c1-27-40(28-13-6-5-7-14-28)47-39-19-11-8-15-34(39)33-21-20-31(26-37(33)42(47)45-27)48-32-24-29(43(2,3)4)23-30(25-32)46-38-18-10-9-16-35(38)36-17-12-22-44-41(36)46;1-27-40(28-12-6-5-7-13-28)47-38-18-9-8-16-34(38)33-22-20-32(26-37(33)42(47)45-27)48-31-15-10-14-30(25-31)46-39-24-29(43(2,3)4)19-21-35(39)36-17-11-23-44-41(36)46;1-25-37(26-11-3-2-4-12-26)43-36-19-8-5-15-31(36)30-21-20-29(24-34(30)39(43)41-25)44-28-14-9-13-27(23-28)42-35-18-7-6-16-32(35)33-17-10-22-40-38(33)42;;;/h2*5-24H,1-4H3;2-22H,1H3;;;/q3*-2;3*+2. The number of benzene rings is 15. The Hall–Kier alpha value is -15.8. The van der Waals surface area contributed by atoms with Crippen molar-refractivity contribution >= 4 is 148 Å². The summed E-state index contributed by atoms with van der Waals surface area (Å²) < 4.78 is 33.0. The zero-order valence-corrected chi connectivity index (χ0v) is 86.1. The van der Waals surface area contributed by atoms with E-state index in [0.717, 1.165) is 221 Å². The SMILES string of the molecule is Cc1nc2c3[c-]c(Oc4[c-]c(-n5c6cc(C(C)(C)C)ccc6c6cccnc65)ccc4)ccc3c3ccccc3n2c1-c1ccccc1.Cc1nc2c3[c-]c(Oc4[c-]c(-n5c6ccccc6c6cccnc65)cc(C(C)(C)C)c4)ccc3c3ccccc3n2c1-c1ccccc1.Cc1nc2c3[c-]c(Oc4[c-]c(-n5c6ccccc6c6cccnc65)ccc4)ccc3c3ccccc3n2c1-c1ccccc1.[Pt+2].[Pt+2].[Pt+2]. The van der Waals surface area contributed by atoms with Gasteiger partial charge in [0.25, 0.3) is 0 Å². The van der Waals surface area contributed by atoms with Gasteiger partial charge in [-0.25, -0.2) is 15.0 Å². The van der Waals surface area contributed by atoms with E-state index in [-0.39, 0.29) is 74.0 Å². The van der Waals surface area contributed by atoms with E-state index in [1.165, 1.54) is 5.56 Å². The molecule has 0 spiro atoms. The van der Waals surface area contributed by atoms with Gasteiger partial charge >= 0.3 is 63.2 Å². The number of imidazole rings is 3. The molecule has 0 aliphatic heterocycles. The Morgan fingerprint density at radius 2 is 0.517 bits per heavy atom. The van der Waals surface area contributed by atoms with Crippen molar-refractivity contribution in [3.8, 4) is 85.3 Å². The zero-order chi connectivity index (χ0) is 94.3. The summed E-state index contributed by atoms with van der Waals surface area (Å²) >= 11 is 0. The molecular weight excluding hydrogens is 2300 g/mol. The molecule has 27 rings (SSSR count). The second-order valence-corrected chi connectivity index (χ2v) is 37.7. The number of rotatable bonds is 12. The molecule has 0 N–H and O–H groups in total. The third kappa shape index (κ3) is 16.1. The Kier molecular flexibility index (Phi) is 23.9. The predicted molar refractivity (Wildman–Crippen MR) is 567 cm³/mol.